The molecule has 1 fully saturated rings. The van der Waals surface area contributed by atoms with Crippen molar-refractivity contribution in [2.24, 2.45) is 5.41 Å². The van der Waals surface area contributed by atoms with Gasteiger partial charge in [0.15, 0.2) is 23.1 Å². The van der Waals surface area contributed by atoms with Gasteiger partial charge in [0, 0.05) is 5.56 Å². The molecule has 5 rings (SSSR count). The Labute approximate surface area is 203 Å². The minimum Gasteiger partial charge on any atom is -0.382 e. The van der Waals surface area contributed by atoms with Crippen molar-refractivity contribution >= 4 is 34.3 Å². The number of nitrogens with two attached hydrogens (primary N) is 2. The molecule has 0 atom stereocenters. The van der Waals surface area contributed by atoms with Gasteiger partial charge in [0.05, 0.1) is 18.1 Å². The molecule has 0 unspecified atom stereocenters. The Morgan fingerprint density at radius 3 is 2.27 bits per heavy atom. The number of rotatable bonds is 5. The third-order valence-electron chi connectivity index (χ3n) is 6.07. The Morgan fingerprint density at radius 2 is 1.70 bits per heavy atom. The second-order valence-electron chi connectivity index (χ2n) is 8.46. The number of hydrogen-bond acceptors (Lipinski definition) is 7. The van der Waals surface area contributed by atoms with E-state index in [0.717, 1.165) is 29.1 Å². The van der Waals surface area contributed by atoms with Gasteiger partial charge in [0.2, 0.25) is 5.91 Å². The number of carbonyl (C=O) groups is 1. The maximum Gasteiger partial charge on any atom is 0.403 e. The van der Waals surface area contributed by atoms with E-state index >= 15 is 0 Å². The fourth-order valence-corrected chi connectivity index (χ4v) is 3.87. The summed E-state index contributed by atoms with van der Waals surface area (Å²) in [4.78, 5) is 24.2. The van der Waals surface area contributed by atoms with E-state index in [-0.39, 0.29) is 41.0 Å². The molecule has 0 radical (unpaired) electrons. The van der Waals surface area contributed by atoms with Crippen molar-refractivity contribution in [3.05, 3.63) is 53.5 Å². The van der Waals surface area contributed by atoms with Crippen LogP contribution in [-0.4, -0.2) is 36.8 Å². The Balaban J connectivity index is 1.55. The van der Waals surface area contributed by atoms with E-state index in [1.165, 1.54) is 6.07 Å². The minimum atomic E-state index is -4.76. The van der Waals surface area contributed by atoms with Crippen LogP contribution >= 0.6 is 0 Å². The topological polar surface area (TPSA) is 138 Å². The summed E-state index contributed by atoms with van der Waals surface area (Å²) in [6.45, 7) is -0.424. The largest absolute Gasteiger partial charge is 0.403 e. The number of halogens is 6. The summed E-state index contributed by atoms with van der Waals surface area (Å²) in [6.07, 6.45) is -4.65. The lowest BCUT2D eigenvalue weighted by atomic mass is 10.1. The summed E-state index contributed by atoms with van der Waals surface area (Å²) in [5, 5.41) is 6.31. The predicted molar refractivity (Wildman–Crippen MR) is 119 cm³/mol. The third kappa shape index (κ3) is 4.05. The number of nitrogens with zero attached hydrogens (tertiary/aromatic N) is 5. The Morgan fingerprint density at radius 1 is 1.08 bits per heavy atom. The van der Waals surface area contributed by atoms with Crippen molar-refractivity contribution in [2.75, 3.05) is 16.8 Å². The van der Waals surface area contributed by atoms with Crippen LogP contribution in [0.4, 0.5) is 43.7 Å². The second kappa shape index (κ2) is 8.31. The zero-order valence-electron chi connectivity index (χ0n) is 18.6. The first-order valence-corrected chi connectivity index (χ1v) is 10.7. The fraction of sp³-hybridized carbons (Fsp3) is 0.227. The molecule has 0 saturated heterocycles. The van der Waals surface area contributed by atoms with Gasteiger partial charge in [0.25, 0.3) is 0 Å². The number of benzene rings is 1. The lowest BCUT2D eigenvalue weighted by molar-refractivity contribution is -0.189. The van der Waals surface area contributed by atoms with Gasteiger partial charge in [-0.1, -0.05) is 6.07 Å². The van der Waals surface area contributed by atoms with E-state index in [0.29, 0.717) is 0 Å². The zero-order valence-corrected chi connectivity index (χ0v) is 18.6. The Kier molecular flexibility index (Phi) is 5.45. The second-order valence-corrected chi connectivity index (χ2v) is 8.46. The molecule has 0 aliphatic heterocycles. The average Bonchev–Trinajstić information content (AvgIpc) is 3.57. The van der Waals surface area contributed by atoms with Crippen molar-refractivity contribution in [1.82, 2.24) is 24.7 Å². The van der Waals surface area contributed by atoms with Crippen LogP contribution in [0, 0.1) is 22.9 Å². The first kappa shape index (κ1) is 24.3. The molecule has 192 valence electrons. The molecule has 15 heteroatoms. The quantitative estimate of drug-likeness (QED) is 0.339. The molecule has 1 saturated carbocycles. The van der Waals surface area contributed by atoms with Crippen molar-refractivity contribution in [2.45, 2.75) is 25.6 Å². The number of hydrogen-bond donors (Lipinski definition) is 3. The molecular formula is C22H16F6N8O. The molecule has 37 heavy (non-hydrogen) atoms. The zero-order chi connectivity index (χ0) is 26.7. The third-order valence-corrected chi connectivity index (χ3v) is 6.07. The van der Waals surface area contributed by atoms with Crippen molar-refractivity contribution < 1.29 is 31.1 Å². The Hall–Kier alpha value is -4.43. The summed E-state index contributed by atoms with van der Waals surface area (Å²) in [5.41, 5.74) is 8.36. The standard InChI is InChI=1S/C22H16F6N8O/c23-9-6-10-14(35-36(19(10)31-7-9)8-11-12(24)2-1-3-13(11)25)18-33-16(29)15(17(30)34-18)32-20(37)21(4-5-21)22(26,27)28/h1-3,6-7H,4-5,8H2,(H,32,37)(H4,29,30,33,34). The van der Waals surface area contributed by atoms with Gasteiger partial charge in [-0.15, -0.1) is 0 Å². The predicted octanol–water partition coefficient (Wildman–Crippen LogP) is 3.80. The fourth-order valence-electron chi connectivity index (χ4n) is 3.87. The van der Waals surface area contributed by atoms with E-state index < -0.39 is 58.8 Å². The molecule has 1 amide bonds. The van der Waals surface area contributed by atoms with Crippen molar-refractivity contribution in [3.63, 3.8) is 0 Å². The molecule has 0 spiro atoms. The number of aromatic nitrogens is 5. The van der Waals surface area contributed by atoms with Gasteiger partial charge in [-0.2, -0.15) is 18.3 Å². The van der Waals surface area contributed by atoms with Crippen LogP contribution in [0.25, 0.3) is 22.6 Å². The lowest BCUT2D eigenvalue weighted by Gasteiger charge is -2.19. The van der Waals surface area contributed by atoms with Gasteiger partial charge in [-0.05, 0) is 31.0 Å². The normalized spacial score (nSPS) is 14.6. The van der Waals surface area contributed by atoms with Gasteiger partial charge >= 0.3 is 6.18 Å². The average molecular weight is 522 g/mol. The highest BCUT2D eigenvalue weighted by Gasteiger charge is 2.68. The van der Waals surface area contributed by atoms with Crippen LogP contribution in [0.15, 0.2) is 30.5 Å². The monoisotopic (exact) mass is 522 g/mol. The molecule has 0 bridgehead atoms. The summed E-state index contributed by atoms with van der Waals surface area (Å²) in [6, 6.07) is 4.33. The molecule has 1 aliphatic carbocycles. The smallest absolute Gasteiger partial charge is 0.382 e. The number of alkyl halides is 3. The highest BCUT2D eigenvalue weighted by Crippen LogP contribution is 2.58. The maximum atomic E-state index is 14.2. The maximum absolute atomic E-state index is 14.2. The lowest BCUT2D eigenvalue weighted by Crippen LogP contribution is -2.37. The number of carbonyl (C=O) groups excluding carboxylic acids is 1. The van der Waals surface area contributed by atoms with E-state index in [9.17, 15) is 31.1 Å². The molecule has 3 heterocycles. The molecular weight excluding hydrogens is 506 g/mol. The number of nitrogen functional groups attached to an aromatic ring is 2. The number of fused-ring (bicyclic) bond motifs is 1. The summed E-state index contributed by atoms with van der Waals surface area (Å²) in [7, 11) is 0. The van der Waals surface area contributed by atoms with Crippen LogP contribution in [0.5, 0.6) is 0 Å². The van der Waals surface area contributed by atoms with Gasteiger partial charge in [-0.25, -0.2) is 32.8 Å². The van der Waals surface area contributed by atoms with Gasteiger partial charge in [-0.3, -0.25) is 4.79 Å². The summed E-state index contributed by atoms with van der Waals surface area (Å²) < 4.78 is 83.4. The van der Waals surface area contributed by atoms with Crippen LogP contribution in [0.1, 0.15) is 18.4 Å². The van der Waals surface area contributed by atoms with Crippen LogP contribution in [0.3, 0.4) is 0 Å². The number of amides is 1. The van der Waals surface area contributed by atoms with E-state index in [4.69, 9.17) is 11.5 Å². The van der Waals surface area contributed by atoms with Crippen LogP contribution in [0.2, 0.25) is 0 Å². The van der Waals surface area contributed by atoms with Crippen LogP contribution in [-0.2, 0) is 11.3 Å². The van der Waals surface area contributed by atoms with Gasteiger partial charge < -0.3 is 16.8 Å². The van der Waals surface area contributed by atoms with E-state index in [1.54, 1.807) is 0 Å². The van der Waals surface area contributed by atoms with Gasteiger partial charge in [0.1, 0.15) is 34.2 Å². The number of nitrogens with one attached hydrogen (secondary N) is 1. The minimum absolute atomic E-state index is 0.0260. The highest BCUT2D eigenvalue weighted by atomic mass is 19.4. The Bertz CT molecular complexity index is 1520. The number of pyridine rings is 1. The molecule has 9 nitrogen and oxygen atoms in total. The SMILES string of the molecule is Nc1nc(-c2nn(Cc3c(F)cccc3F)c3ncc(F)cc23)nc(N)c1NC(=O)C1(C(F)(F)F)CC1. The van der Waals surface area contributed by atoms with E-state index in [1.807, 2.05) is 5.32 Å². The highest BCUT2D eigenvalue weighted by molar-refractivity contribution is 6.02. The molecule has 1 aromatic carbocycles. The first-order chi connectivity index (χ1) is 17.4. The van der Waals surface area contributed by atoms with E-state index in [2.05, 4.69) is 20.1 Å². The molecule has 4 aromatic rings. The van der Waals surface area contributed by atoms with Crippen molar-refractivity contribution in [3.8, 4) is 11.5 Å². The molecule has 3 aromatic heterocycles. The molecule has 1 aliphatic rings. The first-order valence-electron chi connectivity index (χ1n) is 10.7. The summed E-state index contributed by atoms with van der Waals surface area (Å²) in [5.74, 6) is -5.02. The van der Waals surface area contributed by atoms with Crippen molar-refractivity contribution in [1.29, 1.82) is 0 Å². The summed E-state index contributed by atoms with van der Waals surface area (Å²) >= 11 is 0. The molecule has 5 N–H and O–H groups in total. The number of anilines is 3. The van der Waals surface area contributed by atoms with Crippen LogP contribution < -0.4 is 16.8 Å².